The summed E-state index contributed by atoms with van der Waals surface area (Å²) in [7, 11) is 0. The summed E-state index contributed by atoms with van der Waals surface area (Å²) in [4.78, 5) is 2.45. The van der Waals surface area contributed by atoms with E-state index >= 15 is 0 Å². The predicted octanol–water partition coefficient (Wildman–Crippen LogP) is 14.6. The first-order valence-electron chi connectivity index (χ1n) is 18.6. The van der Waals surface area contributed by atoms with Crippen molar-refractivity contribution in [3.8, 4) is 33.4 Å². The van der Waals surface area contributed by atoms with E-state index in [9.17, 15) is 0 Å². The lowest BCUT2D eigenvalue weighted by atomic mass is 9.81. The molecule has 0 spiro atoms. The topological polar surface area (TPSA) is 3.24 Å². The predicted molar refractivity (Wildman–Crippen MR) is 227 cm³/mol. The molecule has 9 aromatic carbocycles. The average Bonchev–Trinajstić information content (AvgIpc) is 3.41. The van der Waals surface area contributed by atoms with E-state index in [1.54, 1.807) is 0 Å². The number of rotatable bonds is 5. The van der Waals surface area contributed by atoms with Gasteiger partial charge in [0.15, 0.2) is 0 Å². The van der Waals surface area contributed by atoms with Crippen LogP contribution < -0.4 is 4.90 Å². The Hall–Kier alpha value is -6.44. The van der Waals surface area contributed by atoms with Gasteiger partial charge in [-0.3, -0.25) is 0 Å². The molecule has 9 aromatic rings. The Morgan fingerprint density at radius 2 is 0.925 bits per heavy atom. The fourth-order valence-electron chi connectivity index (χ4n) is 8.65. The number of hydrogen-bond donors (Lipinski definition) is 0. The molecule has 1 aliphatic rings. The van der Waals surface area contributed by atoms with Crippen molar-refractivity contribution in [1.29, 1.82) is 0 Å². The molecule has 0 fully saturated rings. The van der Waals surface area contributed by atoms with Gasteiger partial charge >= 0.3 is 0 Å². The molecule has 0 aromatic heterocycles. The molecule has 0 heterocycles. The molecule has 53 heavy (non-hydrogen) atoms. The standard InChI is InChI=1S/C52H39N/c1-34-19-21-35(22-20-34)36-23-25-41(26-24-36)53(42-27-28-47-49-30-38-12-4-5-13-39(38)31-50(49)52(2,3)51(47)33-42)43-29-40-14-7-9-17-45(40)48(32-43)46-18-10-15-37-11-6-8-16-44(37)46/h4-33H,1-3H3. The molecule has 252 valence electrons. The van der Waals surface area contributed by atoms with Crippen LogP contribution in [0.25, 0.3) is 65.7 Å². The van der Waals surface area contributed by atoms with Crippen LogP contribution in [0.5, 0.6) is 0 Å². The highest BCUT2D eigenvalue weighted by molar-refractivity contribution is 6.07. The van der Waals surface area contributed by atoms with Crippen molar-refractivity contribution in [2.45, 2.75) is 26.2 Å². The monoisotopic (exact) mass is 677 g/mol. The van der Waals surface area contributed by atoms with Crippen molar-refractivity contribution < 1.29 is 0 Å². The van der Waals surface area contributed by atoms with E-state index in [0.29, 0.717) is 0 Å². The SMILES string of the molecule is Cc1ccc(-c2ccc(N(c3ccc4c(c3)C(C)(C)c3cc5ccccc5cc3-4)c3cc(-c4cccc5ccccc45)c4ccccc4c3)cc2)cc1. The molecular weight excluding hydrogens is 639 g/mol. The van der Waals surface area contributed by atoms with E-state index in [1.807, 2.05) is 0 Å². The van der Waals surface area contributed by atoms with Gasteiger partial charge in [-0.1, -0.05) is 153 Å². The molecule has 0 saturated heterocycles. The second kappa shape index (κ2) is 12.1. The highest BCUT2D eigenvalue weighted by Crippen LogP contribution is 2.52. The quantitative estimate of drug-likeness (QED) is 0.175. The molecule has 0 N–H and O–H groups in total. The number of hydrogen-bond acceptors (Lipinski definition) is 1. The number of fused-ring (bicyclic) bond motifs is 6. The van der Waals surface area contributed by atoms with Crippen LogP contribution in [0, 0.1) is 6.92 Å². The third-order valence-corrected chi connectivity index (χ3v) is 11.5. The van der Waals surface area contributed by atoms with Crippen molar-refractivity contribution in [3.05, 3.63) is 199 Å². The fourth-order valence-corrected chi connectivity index (χ4v) is 8.65. The first-order chi connectivity index (χ1) is 25.9. The van der Waals surface area contributed by atoms with Gasteiger partial charge in [0.05, 0.1) is 0 Å². The van der Waals surface area contributed by atoms with E-state index in [1.165, 1.54) is 82.4 Å². The Labute approximate surface area is 311 Å². The van der Waals surface area contributed by atoms with Crippen molar-refractivity contribution >= 4 is 49.4 Å². The summed E-state index contributed by atoms with van der Waals surface area (Å²) in [5.74, 6) is 0. The van der Waals surface area contributed by atoms with Crippen LogP contribution in [0.4, 0.5) is 17.1 Å². The Morgan fingerprint density at radius 1 is 0.358 bits per heavy atom. The first-order valence-corrected chi connectivity index (χ1v) is 18.6. The van der Waals surface area contributed by atoms with Crippen LogP contribution in [-0.2, 0) is 5.41 Å². The highest BCUT2D eigenvalue weighted by atomic mass is 15.1. The maximum absolute atomic E-state index is 2.45. The lowest BCUT2D eigenvalue weighted by molar-refractivity contribution is 0.661. The van der Waals surface area contributed by atoms with Crippen LogP contribution in [0.1, 0.15) is 30.5 Å². The molecule has 10 rings (SSSR count). The lowest BCUT2D eigenvalue weighted by Gasteiger charge is -2.29. The zero-order valence-corrected chi connectivity index (χ0v) is 30.3. The fraction of sp³-hybridized carbons (Fsp3) is 0.0769. The number of benzene rings is 9. The normalized spacial score (nSPS) is 13.0. The minimum Gasteiger partial charge on any atom is -0.310 e. The van der Waals surface area contributed by atoms with Crippen molar-refractivity contribution in [1.82, 2.24) is 0 Å². The van der Waals surface area contributed by atoms with Gasteiger partial charge in [-0.2, -0.15) is 0 Å². The Morgan fingerprint density at radius 3 is 1.66 bits per heavy atom. The maximum Gasteiger partial charge on any atom is 0.0474 e. The van der Waals surface area contributed by atoms with E-state index in [4.69, 9.17) is 0 Å². The number of anilines is 3. The summed E-state index contributed by atoms with van der Waals surface area (Å²) in [6.07, 6.45) is 0. The Bertz CT molecular complexity index is 2850. The third kappa shape index (κ3) is 5.15. The maximum atomic E-state index is 2.45. The summed E-state index contributed by atoms with van der Waals surface area (Å²) < 4.78 is 0. The van der Waals surface area contributed by atoms with Crippen LogP contribution >= 0.6 is 0 Å². The molecule has 0 aliphatic heterocycles. The van der Waals surface area contributed by atoms with Crippen LogP contribution in [0.3, 0.4) is 0 Å². The molecule has 0 amide bonds. The summed E-state index contributed by atoms with van der Waals surface area (Å²) in [5, 5.41) is 7.55. The van der Waals surface area contributed by atoms with Gasteiger partial charge in [0.1, 0.15) is 0 Å². The molecular formula is C52H39N. The zero-order valence-electron chi connectivity index (χ0n) is 30.3. The highest BCUT2D eigenvalue weighted by Gasteiger charge is 2.36. The summed E-state index contributed by atoms with van der Waals surface area (Å²) >= 11 is 0. The van der Waals surface area contributed by atoms with Gasteiger partial charge in [0.25, 0.3) is 0 Å². The van der Waals surface area contributed by atoms with Gasteiger partial charge in [0.2, 0.25) is 0 Å². The molecule has 0 saturated carbocycles. The number of aryl methyl sites for hydroxylation is 1. The summed E-state index contributed by atoms with van der Waals surface area (Å²) in [6.45, 7) is 6.90. The van der Waals surface area contributed by atoms with Crippen molar-refractivity contribution in [2.75, 3.05) is 4.90 Å². The van der Waals surface area contributed by atoms with E-state index < -0.39 is 0 Å². The second-order valence-corrected chi connectivity index (χ2v) is 15.1. The van der Waals surface area contributed by atoms with E-state index in [-0.39, 0.29) is 5.41 Å². The van der Waals surface area contributed by atoms with Crippen LogP contribution in [0.15, 0.2) is 182 Å². The van der Waals surface area contributed by atoms with Gasteiger partial charge in [-0.05, 0) is 132 Å². The van der Waals surface area contributed by atoms with Gasteiger partial charge in [0, 0.05) is 22.5 Å². The van der Waals surface area contributed by atoms with Crippen LogP contribution in [-0.4, -0.2) is 0 Å². The van der Waals surface area contributed by atoms with E-state index in [0.717, 1.165) is 17.1 Å². The molecule has 0 bridgehead atoms. The molecule has 1 heteroatoms. The minimum atomic E-state index is -0.150. The molecule has 0 unspecified atom stereocenters. The van der Waals surface area contributed by atoms with Crippen molar-refractivity contribution in [3.63, 3.8) is 0 Å². The zero-order chi connectivity index (χ0) is 35.7. The van der Waals surface area contributed by atoms with Gasteiger partial charge in [-0.15, -0.1) is 0 Å². The largest absolute Gasteiger partial charge is 0.310 e. The summed E-state index contributed by atoms with van der Waals surface area (Å²) in [5.41, 5.74) is 14.8. The Kier molecular flexibility index (Phi) is 7.13. The number of nitrogens with zero attached hydrogens (tertiary/aromatic N) is 1. The minimum absolute atomic E-state index is 0.150. The third-order valence-electron chi connectivity index (χ3n) is 11.5. The molecule has 1 nitrogen and oxygen atoms in total. The van der Waals surface area contributed by atoms with Crippen molar-refractivity contribution in [2.24, 2.45) is 0 Å². The van der Waals surface area contributed by atoms with Gasteiger partial charge < -0.3 is 4.90 Å². The lowest BCUT2D eigenvalue weighted by Crippen LogP contribution is -2.16. The van der Waals surface area contributed by atoms with Gasteiger partial charge in [-0.25, -0.2) is 0 Å². The molecule has 1 aliphatic carbocycles. The van der Waals surface area contributed by atoms with Crippen LogP contribution in [0.2, 0.25) is 0 Å². The van der Waals surface area contributed by atoms with E-state index in [2.05, 4.69) is 208 Å². The Balaban J connectivity index is 1.19. The first kappa shape index (κ1) is 31.3. The molecule has 0 radical (unpaired) electrons. The molecule has 0 atom stereocenters. The average molecular weight is 678 g/mol. The second-order valence-electron chi connectivity index (χ2n) is 15.1. The smallest absolute Gasteiger partial charge is 0.0474 e. The summed E-state index contributed by atoms with van der Waals surface area (Å²) in [6, 6.07) is 67.5.